The van der Waals surface area contributed by atoms with E-state index in [9.17, 15) is 0 Å². The summed E-state index contributed by atoms with van der Waals surface area (Å²) in [6, 6.07) is 0. The fourth-order valence-corrected chi connectivity index (χ4v) is 3.98. The molecule has 0 N–H and O–H groups in total. The van der Waals surface area contributed by atoms with Gasteiger partial charge in [-0.1, -0.05) is 89.5 Å². The van der Waals surface area contributed by atoms with Gasteiger partial charge in [-0.15, -0.1) is 0 Å². The van der Waals surface area contributed by atoms with Crippen LogP contribution in [0.3, 0.4) is 0 Å². The standard InChI is InChI=1S/C12H26S.C11H24S/c1-11(2,3)9-7-8-10-13-12(4,5)6;1-10(2,3)8-7-9-12-11(4,5)6/h7-10H2,1-6H3;7-9H2,1-6H3. The monoisotopic (exact) mass is 390 g/mol. The molecule has 0 nitrogen and oxygen atoms in total. The van der Waals surface area contributed by atoms with Gasteiger partial charge in [-0.3, -0.25) is 0 Å². The van der Waals surface area contributed by atoms with Crippen LogP contribution in [0.1, 0.15) is 115 Å². The molecule has 0 amide bonds. The molecule has 0 fully saturated rings. The molecule has 0 aromatic rings. The summed E-state index contributed by atoms with van der Waals surface area (Å²) in [5, 5.41) is 0. The number of unbranched alkanes of at least 4 members (excludes halogenated alkanes) is 1. The minimum Gasteiger partial charge on any atom is -0.156 e. The topological polar surface area (TPSA) is 0 Å². The molecule has 154 valence electrons. The van der Waals surface area contributed by atoms with Crippen molar-refractivity contribution in [2.45, 2.75) is 125 Å². The molecule has 0 radical (unpaired) electrons. The Kier molecular flexibility index (Phi) is 13.6. The van der Waals surface area contributed by atoms with E-state index in [4.69, 9.17) is 0 Å². The minimum atomic E-state index is 0.442. The molecular formula is C23H50S2. The van der Waals surface area contributed by atoms with Crippen LogP contribution in [-0.2, 0) is 0 Å². The van der Waals surface area contributed by atoms with Gasteiger partial charge in [0.25, 0.3) is 0 Å². The number of hydrogen-bond donors (Lipinski definition) is 0. The fourth-order valence-electron chi connectivity index (χ4n) is 2.12. The molecule has 0 atom stereocenters. The molecule has 0 spiro atoms. The lowest BCUT2D eigenvalue weighted by molar-refractivity contribution is 0.364. The zero-order valence-corrected chi connectivity index (χ0v) is 21.4. The van der Waals surface area contributed by atoms with Crippen molar-refractivity contribution in [3.63, 3.8) is 0 Å². The van der Waals surface area contributed by atoms with Crippen molar-refractivity contribution in [1.29, 1.82) is 0 Å². The van der Waals surface area contributed by atoms with Gasteiger partial charge in [-0.25, -0.2) is 0 Å². The lowest BCUT2D eigenvalue weighted by Gasteiger charge is -2.21. The quantitative estimate of drug-likeness (QED) is 0.397. The van der Waals surface area contributed by atoms with E-state index in [1.54, 1.807) is 0 Å². The Morgan fingerprint density at radius 1 is 0.440 bits per heavy atom. The summed E-state index contributed by atoms with van der Waals surface area (Å²) in [6.07, 6.45) is 6.81. The molecule has 0 aliphatic heterocycles. The predicted molar refractivity (Wildman–Crippen MR) is 126 cm³/mol. The second-order valence-corrected chi connectivity index (χ2v) is 15.4. The molecular weight excluding hydrogens is 340 g/mol. The third-order valence-electron chi connectivity index (χ3n) is 3.46. The van der Waals surface area contributed by atoms with E-state index < -0.39 is 0 Å². The summed E-state index contributed by atoms with van der Waals surface area (Å²) in [6.45, 7) is 27.7. The van der Waals surface area contributed by atoms with Crippen molar-refractivity contribution in [3.8, 4) is 0 Å². The normalized spacial score (nSPS) is 13.4. The lowest BCUT2D eigenvalue weighted by atomic mass is 9.90. The van der Waals surface area contributed by atoms with E-state index >= 15 is 0 Å². The van der Waals surface area contributed by atoms with Gasteiger partial charge in [0.1, 0.15) is 0 Å². The Hall–Kier alpha value is 0.700. The van der Waals surface area contributed by atoms with Gasteiger partial charge in [0.2, 0.25) is 0 Å². The average Bonchev–Trinajstić information content (AvgIpc) is 2.30. The molecule has 0 aromatic heterocycles. The molecule has 0 heterocycles. The Bertz CT molecular complexity index is 273. The van der Waals surface area contributed by atoms with Crippen molar-refractivity contribution in [2.75, 3.05) is 11.5 Å². The van der Waals surface area contributed by atoms with Crippen LogP contribution in [0.25, 0.3) is 0 Å². The minimum absolute atomic E-state index is 0.442. The fraction of sp³-hybridized carbons (Fsp3) is 1.00. The Morgan fingerprint density at radius 3 is 1.08 bits per heavy atom. The zero-order valence-electron chi connectivity index (χ0n) is 19.8. The van der Waals surface area contributed by atoms with Crippen LogP contribution in [0.15, 0.2) is 0 Å². The Morgan fingerprint density at radius 2 is 0.760 bits per heavy atom. The van der Waals surface area contributed by atoms with Crippen LogP contribution in [0.4, 0.5) is 0 Å². The van der Waals surface area contributed by atoms with E-state index in [0.717, 1.165) is 0 Å². The summed E-state index contributed by atoms with van der Waals surface area (Å²) >= 11 is 4.16. The molecule has 2 heteroatoms. The predicted octanol–water partition coefficient (Wildman–Crippen LogP) is 9.08. The van der Waals surface area contributed by atoms with E-state index in [2.05, 4.69) is 107 Å². The molecule has 0 aromatic carbocycles. The van der Waals surface area contributed by atoms with Gasteiger partial charge < -0.3 is 0 Å². The summed E-state index contributed by atoms with van der Waals surface area (Å²) in [5.74, 6) is 2.63. The third-order valence-corrected chi connectivity index (χ3v) is 6.18. The largest absolute Gasteiger partial charge is 0.156 e. The van der Waals surface area contributed by atoms with Gasteiger partial charge in [0.05, 0.1) is 0 Å². The van der Waals surface area contributed by atoms with Crippen LogP contribution in [0, 0.1) is 10.8 Å². The highest BCUT2D eigenvalue weighted by atomic mass is 32.2. The first-order valence-electron chi connectivity index (χ1n) is 10.2. The van der Waals surface area contributed by atoms with Crippen LogP contribution < -0.4 is 0 Å². The van der Waals surface area contributed by atoms with E-state index in [1.807, 2.05) is 0 Å². The number of thioether (sulfide) groups is 2. The Labute approximate surface area is 170 Å². The van der Waals surface area contributed by atoms with Crippen LogP contribution in [0.2, 0.25) is 0 Å². The highest BCUT2D eigenvalue weighted by Crippen LogP contribution is 2.28. The first-order valence-corrected chi connectivity index (χ1v) is 12.2. The van der Waals surface area contributed by atoms with E-state index in [1.165, 1.54) is 43.6 Å². The maximum atomic E-state index is 2.32. The van der Waals surface area contributed by atoms with E-state index in [0.29, 0.717) is 20.3 Å². The van der Waals surface area contributed by atoms with Crippen molar-refractivity contribution >= 4 is 23.5 Å². The van der Waals surface area contributed by atoms with E-state index in [-0.39, 0.29) is 0 Å². The molecule has 0 saturated carbocycles. The highest BCUT2D eigenvalue weighted by Gasteiger charge is 2.13. The maximum Gasteiger partial charge on any atom is 0.00750 e. The number of rotatable bonds is 7. The maximum absolute atomic E-state index is 2.32. The first-order chi connectivity index (χ1) is 10.9. The molecule has 0 bridgehead atoms. The summed E-state index contributed by atoms with van der Waals surface area (Å²) in [4.78, 5) is 0. The SMILES string of the molecule is CC(C)(C)CCCCSC(C)(C)C.CC(C)(C)CCCSC(C)(C)C. The molecule has 0 saturated heterocycles. The van der Waals surface area contributed by atoms with Crippen LogP contribution >= 0.6 is 23.5 Å². The van der Waals surface area contributed by atoms with Gasteiger partial charge in [-0.05, 0) is 48.0 Å². The summed E-state index contributed by atoms with van der Waals surface area (Å²) < 4.78 is 0.889. The molecule has 0 unspecified atom stereocenters. The zero-order chi connectivity index (χ0) is 20.4. The second kappa shape index (κ2) is 12.2. The number of hydrogen-bond acceptors (Lipinski definition) is 2. The van der Waals surface area contributed by atoms with Crippen LogP contribution in [-0.4, -0.2) is 21.0 Å². The van der Waals surface area contributed by atoms with Gasteiger partial charge in [-0.2, -0.15) is 23.5 Å². The highest BCUT2D eigenvalue weighted by molar-refractivity contribution is 8.00. The van der Waals surface area contributed by atoms with Crippen molar-refractivity contribution in [3.05, 3.63) is 0 Å². The smallest absolute Gasteiger partial charge is 0.00750 e. The Balaban J connectivity index is 0. The van der Waals surface area contributed by atoms with Crippen molar-refractivity contribution < 1.29 is 0 Å². The molecule has 25 heavy (non-hydrogen) atoms. The van der Waals surface area contributed by atoms with Gasteiger partial charge in [0, 0.05) is 9.49 Å². The lowest BCUT2D eigenvalue weighted by Crippen LogP contribution is -2.10. The summed E-state index contributed by atoms with van der Waals surface area (Å²) in [7, 11) is 0. The van der Waals surface area contributed by atoms with Gasteiger partial charge >= 0.3 is 0 Å². The molecule has 0 rings (SSSR count). The van der Waals surface area contributed by atoms with Crippen molar-refractivity contribution in [1.82, 2.24) is 0 Å². The van der Waals surface area contributed by atoms with Gasteiger partial charge in [0.15, 0.2) is 0 Å². The third kappa shape index (κ3) is 32.8. The van der Waals surface area contributed by atoms with Crippen LogP contribution in [0.5, 0.6) is 0 Å². The molecule has 0 aliphatic carbocycles. The molecule has 0 aliphatic rings. The second-order valence-electron chi connectivity index (χ2n) is 11.6. The average molecular weight is 391 g/mol. The van der Waals surface area contributed by atoms with Crippen molar-refractivity contribution in [2.24, 2.45) is 10.8 Å². The summed E-state index contributed by atoms with van der Waals surface area (Å²) in [5.41, 5.74) is 1.03. The first kappa shape index (κ1) is 27.9.